The van der Waals surface area contributed by atoms with Crippen LogP contribution in [0.15, 0.2) is 59.7 Å². The van der Waals surface area contributed by atoms with Crippen LogP contribution in [0.5, 0.6) is 0 Å². The van der Waals surface area contributed by atoms with Gasteiger partial charge in [0.1, 0.15) is 17.1 Å². The van der Waals surface area contributed by atoms with Crippen LogP contribution in [0.1, 0.15) is 73.6 Å². The van der Waals surface area contributed by atoms with Crippen molar-refractivity contribution in [1.29, 1.82) is 0 Å². The molecule has 11 nitrogen and oxygen atoms in total. The topological polar surface area (TPSA) is 119 Å². The summed E-state index contributed by atoms with van der Waals surface area (Å²) in [5.74, 6) is -0.0501. The Morgan fingerprint density at radius 2 is 1.78 bits per heavy atom. The molecular weight excluding hydrogens is 646 g/mol. The summed E-state index contributed by atoms with van der Waals surface area (Å²) in [5.41, 5.74) is 2.55. The molecule has 2 aromatic carbocycles. The molecular formula is C37H44ClN5O6. The molecule has 2 fully saturated rings. The number of fused-ring (bicyclic) bond motifs is 1. The summed E-state index contributed by atoms with van der Waals surface area (Å²) in [5, 5.41) is 12.1. The zero-order valence-electron chi connectivity index (χ0n) is 28.9. The second-order valence-corrected chi connectivity index (χ2v) is 14.8. The molecule has 2 aromatic heterocycles. The molecule has 0 saturated carbocycles. The lowest BCUT2D eigenvalue weighted by Gasteiger charge is -2.39. The molecule has 4 aromatic rings. The van der Waals surface area contributed by atoms with E-state index < -0.39 is 17.3 Å². The largest absolute Gasteiger partial charge is 0.444 e. The van der Waals surface area contributed by atoms with Gasteiger partial charge in [-0.15, -0.1) is 0 Å². The number of amides is 2. The number of morpholine rings is 1. The Morgan fingerprint density at radius 3 is 2.43 bits per heavy atom. The van der Waals surface area contributed by atoms with Gasteiger partial charge in [0, 0.05) is 24.3 Å². The van der Waals surface area contributed by atoms with E-state index in [0.717, 1.165) is 16.7 Å². The molecule has 260 valence electrons. The van der Waals surface area contributed by atoms with Crippen molar-refractivity contribution in [2.24, 2.45) is 0 Å². The third-order valence-electron chi connectivity index (χ3n) is 9.33. The van der Waals surface area contributed by atoms with Crippen molar-refractivity contribution in [3.8, 4) is 5.69 Å². The zero-order chi connectivity index (χ0) is 35.2. The van der Waals surface area contributed by atoms with E-state index in [9.17, 15) is 19.5 Å². The highest BCUT2D eigenvalue weighted by Crippen LogP contribution is 2.31. The van der Waals surface area contributed by atoms with Crippen LogP contribution in [0.4, 0.5) is 4.79 Å². The maximum Gasteiger partial charge on any atom is 0.410 e. The third-order valence-corrected chi connectivity index (χ3v) is 9.61. The number of aliphatic hydroxyl groups is 1. The highest BCUT2D eigenvalue weighted by atomic mass is 35.5. The van der Waals surface area contributed by atoms with Gasteiger partial charge in [-0.1, -0.05) is 41.4 Å². The Balaban J connectivity index is 1.18. The van der Waals surface area contributed by atoms with Crippen LogP contribution >= 0.6 is 11.6 Å². The molecule has 0 bridgehead atoms. The molecule has 6 rings (SSSR count). The van der Waals surface area contributed by atoms with Crippen LogP contribution in [0.25, 0.3) is 16.7 Å². The number of ether oxygens (including phenoxy) is 2. The fourth-order valence-electron chi connectivity index (χ4n) is 6.72. The summed E-state index contributed by atoms with van der Waals surface area (Å²) >= 11 is 6.69. The molecule has 0 aliphatic carbocycles. The number of halogens is 1. The van der Waals surface area contributed by atoms with E-state index in [1.165, 1.54) is 10.9 Å². The first-order valence-corrected chi connectivity index (χ1v) is 17.1. The standard InChI is InChI=1S/C37H44ClN5O6/c1-23-7-12-28(24(2)17-23)33(44)40-15-13-37(47,14-16-40)21-41-22-39-32-29(34(41)45)18-31(38)43(32)27-10-8-26(9-11-27)30-20-48-25(3)19-42(30)35(46)49-36(4,5)6/h7-12,17-18,22,25,30,47H,13-16,19-21H2,1-6H3/t25-,30-/m0/s1. The number of carbonyl (C=O) groups is 2. The molecule has 0 spiro atoms. The van der Waals surface area contributed by atoms with Gasteiger partial charge >= 0.3 is 6.09 Å². The fraction of sp³-hybridized carbons (Fsp3) is 0.459. The molecule has 0 radical (unpaired) electrons. The Morgan fingerprint density at radius 1 is 1.08 bits per heavy atom. The van der Waals surface area contributed by atoms with Crippen LogP contribution in [0.3, 0.4) is 0 Å². The molecule has 49 heavy (non-hydrogen) atoms. The van der Waals surface area contributed by atoms with Crippen LogP contribution < -0.4 is 5.56 Å². The summed E-state index contributed by atoms with van der Waals surface area (Å²) < 4.78 is 14.7. The number of hydrogen-bond donors (Lipinski definition) is 1. The van der Waals surface area contributed by atoms with E-state index >= 15 is 0 Å². The fourth-order valence-corrected chi connectivity index (χ4v) is 7.00. The Bertz CT molecular complexity index is 1940. The lowest BCUT2D eigenvalue weighted by Crippen LogP contribution is -2.49. The SMILES string of the molecule is Cc1ccc(C(=O)N2CCC(O)(Cn3cnc4c(cc(Cl)n4-c4ccc([C@@H]5CO[C@@H](C)CN5C(=O)OC(C)(C)C)cc4)c3=O)CC2)c(C)c1. The first-order chi connectivity index (χ1) is 23.1. The third kappa shape index (κ3) is 7.25. The number of likely N-dealkylation sites (tertiary alicyclic amines) is 1. The molecule has 2 aliphatic rings. The van der Waals surface area contributed by atoms with Gasteiger partial charge in [-0.3, -0.25) is 23.6 Å². The predicted molar refractivity (Wildman–Crippen MR) is 187 cm³/mol. The average Bonchev–Trinajstić information content (AvgIpc) is 3.38. The number of aromatic nitrogens is 3. The number of piperidine rings is 1. The summed E-state index contributed by atoms with van der Waals surface area (Å²) in [4.78, 5) is 48.0. The molecule has 12 heteroatoms. The molecule has 0 unspecified atom stereocenters. The second kappa shape index (κ2) is 13.3. The van der Waals surface area contributed by atoms with E-state index in [1.54, 1.807) is 20.4 Å². The van der Waals surface area contributed by atoms with Crippen LogP contribution in [0, 0.1) is 13.8 Å². The number of hydrogen-bond acceptors (Lipinski definition) is 7. The van der Waals surface area contributed by atoms with Crippen LogP contribution in [-0.2, 0) is 16.0 Å². The monoisotopic (exact) mass is 689 g/mol. The van der Waals surface area contributed by atoms with Gasteiger partial charge in [-0.25, -0.2) is 9.78 Å². The molecule has 2 aliphatic heterocycles. The number of nitrogens with zero attached hydrogens (tertiary/aromatic N) is 5. The van der Waals surface area contributed by atoms with Crippen LogP contribution in [-0.4, -0.2) is 84.6 Å². The van der Waals surface area contributed by atoms with E-state index in [-0.39, 0.29) is 30.2 Å². The van der Waals surface area contributed by atoms with Crippen molar-refractivity contribution in [1.82, 2.24) is 23.9 Å². The number of benzene rings is 2. The van der Waals surface area contributed by atoms with Gasteiger partial charge in [0.25, 0.3) is 11.5 Å². The first-order valence-electron chi connectivity index (χ1n) is 16.7. The minimum atomic E-state index is -1.17. The van der Waals surface area contributed by atoms with Crippen molar-refractivity contribution in [2.75, 3.05) is 26.2 Å². The normalized spacial score (nSPS) is 19.7. The highest BCUT2D eigenvalue weighted by Gasteiger charge is 2.36. The quantitative estimate of drug-likeness (QED) is 0.281. The number of rotatable bonds is 5. The zero-order valence-corrected chi connectivity index (χ0v) is 29.7. The van der Waals surface area contributed by atoms with Gasteiger partial charge in [0.05, 0.1) is 42.8 Å². The van der Waals surface area contributed by atoms with E-state index in [4.69, 9.17) is 21.1 Å². The van der Waals surface area contributed by atoms with Gasteiger partial charge in [0.2, 0.25) is 0 Å². The van der Waals surface area contributed by atoms with Crippen molar-refractivity contribution in [2.45, 2.75) is 84.3 Å². The molecule has 1 N–H and O–H groups in total. The van der Waals surface area contributed by atoms with Gasteiger partial charge < -0.3 is 19.5 Å². The maximum absolute atomic E-state index is 13.7. The van der Waals surface area contributed by atoms with Gasteiger partial charge in [0.15, 0.2) is 5.65 Å². The summed E-state index contributed by atoms with van der Waals surface area (Å²) in [6.45, 7) is 12.9. The molecule has 2 saturated heterocycles. The van der Waals surface area contributed by atoms with Crippen molar-refractivity contribution < 1.29 is 24.2 Å². The molecule has 2 atom stereocenters. The summed E-state index contributed by atoms with van der Waals surface area (Å²) in [7, 11) is 0. The minimum absolute atomic E-state index is 0.0497. The minimum Gasteiger partial charge on any atom is -0.444 e. The Kier molecular flexibility index (Phi) is 9.38. The molecule has 2 amide bonds. The van der Waals surface area contributed by atoms with E-state index in [0.29, 0.717) is 66.5 Å². The highest BCUT2D eigenvalue weighted by molar-refractivity contribution is 6.31. The Labute approximate surface area is 291 Å². The summed E-state index contributed by atoms with van der Waals surface area (Å²) in [6.07, 6.45) is 1.60. The lowest BCUT2D eigenvalue weighted by atomic mass is 9.90. The van der Waals surface area contributed by atoms with E-state index in [1.807, 2.05) is 84.0 Å². The van der Waals surface area contributed by atoms with Crippen molar-refractivity contribution >= 4 is 34.6 Å². The van der Waals surface area contributed by atoms with Crippen molar-refractivity contribution in [3.05, 3.63) is 92.6 Å². The smallest absolute Gasteiger partial charge is 0.410 e. The van der Waals surface area contributed by atoms with Gasteiger partial charge in [-0.2, -0.15) is 0 Å². The number of carbonyl (C=O) groups excluding carboxylic acids is 2. The molecule has 4 heterocycles. The predicted octanol–water partition coefficient (Wildman–Crippen LogP) is 5.82. The Hall–Kier alpha value is -4.19. The second-order valence-electron chi connectivity index (χ2n) is 14.4. The van der Waals surface area contributed by atoms with Crippen molar-refractivity contribution in [3.63, 3.8) is 0 Å². The van der Waals surface area contributed by atoms with Crippen LogP contribution in [0.2, 0.25) is 5.15 Å². The summed E-state index contributed by atoms with van der Waals surface area (Å²) in [6, 6.07) is 14.6. The number of aryl methyl sites for hydroxylation is 2. The van der Waals surface area contributed by atoms with E-state index in [2.05, 4.69) is 4.98 Å². The first kappa shape index (κ1) is 34.7. The lowest BCUT2D eigenvalue weighted by molar-refractivity contribution is -0.0644. The maximum atomic E-state index is 13.7. The average molecular weight is 690 g/mol. The van der Waals surface area contributed by atoms with Gasteiger partial charge in [-0.05, 0) is 89.8 Å².